The number of allylic oxidation sites excluding steroid dienone is 1. The summed E-state index contributed by atoms with van der Waals surface area (Å²) in [6.45, 7) is 3.25. The fourth-order valence-corrected chi connectivity index (χ4v) is 4.70. The number of phenols is 1. The van der Waals surface area contributed by atoms with Crippen LogP contribution in [0.5, 0.6) is 11.5 Å². The summed E-state index contributed by atoms with van der Waals surface area (Å²) in [6.07, 6.45) is 9.39. The number of aromatic hydroxyl groups is 1. The number of aliphatic imine (C=N–C) groups is 1. The van der Waals surface area contributed by atoms with Gasteiger partial charge < -0.3 is 14.9 Å². The molecule has 0 saturated heterocycles. The molecule has 1 unspecified atom stereocenters. The molecule has 190 valence electrons. The van der Waals surface area contributed by atoms with Gasteiger partial charge in [0, 0.05) is 19.0 Å². The zero-order valence-electron chi connectivity index (χ0n) is 21.1. The summed E-state index contributed by atoms with van der Waals surface area (Å²) in [6, 6.07) is 15.6. The van der Waals surface area contributed by atoms with Crippen molar-refractivity contribution in [2.75, 3.05) is 13.3 Å². The lowest BCUT2D eigenvalue weighted by atomic mass is 9.99. The van der Waals surface area contributed by atoms with Crippen LogP contribution < -0.4 is 9.64 Å². The number of phenolic OH excluding ortho intramolecular Hbond substituents is 1. The van der Waals surface area contributed by atoms with Gasteiger partial charge in [0.1, 0.15) is 24.2 Å². The van der Waals surface area contributed by atoms with E-state index in [9.17, 15) is 15.0 Å². The highest BCUT2D eigenvalue weighted by atomic mass is 16.5. The molecular weight excluding hydrogens is 452 g/mol. The van der Waals surface area contributed by atoms with Crippen LogP contribution in [0.15, 0.2) is 77.1 Å². The van der Waals surface area contributed by atoms with Crippen molar-refractivity contribution in [3.63, 3.8) is 0 Å². The first-order valence-electron chi connectivity index (χ1n) is 13.0. The van der Waals surface area contributed by atoms with Crippen molar-refractivity contribution in [2.45, 2.75) is 64.4 Å². The Morgan fingerprint density at radius 2 is 1.97 bits per heavy atom. The van der Waals surface area contributed by atoms with Crippen molar-refractivity contribution >= 4 is 11.5 Å². The lowest BCUT2D eigenvalue weighted by Crippen LogP contribution is -3.07. The summed E-state index contributed by atoms with van der Waals surface area (Å²) in [4.78, 5) is 18.0. The van der Waals surface area contributed by atoms with E-state index in [1.165, 1.54) is 16.7 Å². The molecular formula is C30H37N2O4+. The van der Waals surface area contributed by atoms with Crippen molar-refractivity contribution in [2.24, 2.45) is 4.99 Å². The number of carbonyl (C=O) groups is 1. The number of quaternary nitrogens is 1. The predicted molar refractivity (Wildman–Crippen MR) is 141 cm³/mol. The summed E-state index contributed by atoms with van der Waals surface area (Å²) >= 11 is 0. The molecule has 2 aromatic rings. The maximum absolute atomic E-state index is 12.3. The Balaban J connectivity index is 1.26. The highest BCUT2D eigenvalue weighted by Gasteiger charge is 2.30. The molecule has 0 amide bonds. The molecule has 6 heteroatoms. The normalized spacial score (nSPS) is 17.3. The lowest BCUT2D eigenvalue weighted by molar-refractivity contribution is -0.851. The first kappa shape index (κ1) is 25.9. The van der Waals surface area contributed by atoms with Gasteiger partial charge in [-0.1, -0.05) is 62.6 Å². The summed E-state index contributed by atoms with van der Waals surface area (Å²) in [7, 11) is 0. The number of nitrogens with one attached hydrogen (secondary N) is 1. The summed E-state index contributed by atoms with van der Waals surface area (Å²) in [5.74, 6) is 0.573. The molecule has 4 rings (SSSR count). The van der Waals surface area contributed by atoms with Gasteiger partial charge >= 0.3 is 0 Å². The van der Waals surface area contributed by atoms with E-state index in [1.54, 1.807) is 6.07 Å². The second-order valence-corrected chi connectivity index (χ2v) is 9.77. The number of hydrogen-bond acceptors (Lipinski definition) is 5. The number of rotatable bonds is 14. The van der Waals surface area contributed by atoms with Crippen LogP contribution in [0.3, 0.4) is 0 Å². The number of nitrogens with zero attached hydrogens (tertiary/aromatic N) is 1. The standard InChI is InChI=1S/C30H36N2O4/c1-2-3-5-10-25(33)17-26(34)13-11-23-12-14-29(35)30(16-23)36-21-32-19-27-24(18-31-28(27)20-32)15-22-8-6-4-7-9-22/h4,6-9,12,14,16,18-19,25,33,35H,2-3,5,10-11,13,15,17,20-21H2,1H3/p+1/t25-/m1/s1. The molecule has 0 saturated carbocycles. The smallest absolute Gasteiger partial charge is 0.227 e. The number of aliphatic hydroxyl groups is 1. The molecule has 0 radical (unpaired) electrons. The molecule has 2 aromatic carbocycles. The summed E-state index contributed by atoms with van der Waals surface area (Å²) in [5, 5.41) is 20.3. The second-order valence-electron chi connectivity index (χ2n) is 9.77. The van der Waals surface area contributed by atoms with Gasteiger partial charge in [-0.15, -0.1) is 0 Å². The number of Topliss-reactive ketones (excluding diaryl/α,β-unsaturated/α-hetero) is 1. The molecule has 2 heterocycles. The molecule has 36 heavy (non-hydrogen) atoms. The Morgan fingerprint density at radius 1 is 1.14 bits per heavy atom. The van der Waals surface area contributed by atoms with Crippen LogP contribution in [-0.2, 0) is 17.6 Å². The van der Waals surface area contributed by atoms with Crippen LogP contribution >= 0.6 is 0 Å². The Labute approximate surface area is 213 Å². The van der Waals surface area contributed by atoms with E-state index < -0.39 is 6.10 Å². The predicted octanol–water partition coefficient (Wildman–Crippen LogP) is 3.93. The zero-order chi connectivity index (χ0) is 25.3. The van der Waals surface area contributed by atoms with Gasteiger partial charge in [-0.25, -0.2) is 0 Å². The highest BCUT2D eigenvalue weighted by molar-refractivity contribution is 6.08. The third-order valence-electron chi connectivity index (χ3n) is 6.75. The van der Waals surface area contributed by atoms with Crippen LogP contribution in [0.4, 0.5) is 0 Å². The molecule has 2 aliphatic heterocycles. The first-order valence-corrected chi connectivity index (χ1v) is 13.0. The number of hydrogen-bond donors (Lipinski definition) is 3. The maximum atomic E-state index is 12.3. The Kier molecular flexibility index (Phi) is 9.09. The van der Waals surface area contributed by atoms with Crippen molar-refractivity contribution in [3.05, 3.63) is 83.2 Å². The fraction of sp³-hybridized carbons (Fsp3) is 0.400. The average Bonchev–Trinajstić information content (AvgIpc) is 3.45. The van der Waals surface area contributed by atoms with Crippen molar-refractivity contribution in [1.82, 2.24) is 0 Å². The molecule has 0 spiro atoms. The number of benzene rings is 2. The number of ether oxygens (including phenoxy) is 1. The molecule has 2 atom stereocenters. The molecule has 0 fully saturated rings. The van der Waals surface area contributed by atoms with Crippen LogP contribution in [0.25, 0.3) is 0 Å². The third-order valence-corrected chi connectivity index (χ3v) is 6.75. The minimum Gasteiger partial charge on any atom is -0.504 e. The van der Waals surface area contributed by atoms with Crippen molar-refractivity contribution in [3.8, 4) is 11.5 Å². The second kappa shape index (κ2) is 12.7. The number of carbonyl (C=O) groups excluding carboxylic acids is 1. The minimum absolute atomic E-state index is 0.0642. The van der Waals surface area contributed by atoms with E-state index in [-0.39, 0.29) is 18.0 Å². The largest absolute Gasteiger partial charge is 0.504 e. The number of unbranched alkanes of at least 4 members (excludes halogenated alkanes) is 2. The fourth-order valence-electron chi connectivity index (χ4n) is 4.70. The molecule has 0 bridgehead atoms. The van der Waals surface area contributed by atoms with Crippen LogP contribution in [0.2, 0.25) is 0 Å². The topological polar surface area (TPSA) is 83.6 Å². The van der Waals surface area contributed by atoms with Gasteiger partial charge in [-0.3, -0.25) is 14.7 Å². The maximum Gasteiger partial charge on any atom is 0.227 e. The van der Waals surface area contributed by atoms with Gasteiger partial charge in [0.05, 0.1) is 11.7 Å². The van der Waals surface area contributed by atoms with Crippen LogP contribution in [-0.4, -0.2) is 41.1 Å². The van der Waals surface area contributed by atoms with E-state index in [2.05, 4.69) is 42.4 Å². The third kappa shape index (κ3) is 7.15. The molecule has 6 nitrogen and oxygen atoms in total. The van der Waals surface area contributed by atoms with Gasteiger partial charge in [0.15, 0.2) is 11.5 Å². The average molecular weight is 490 g/mol. The molecule has 0 aliphatic carbocycles. The Bertz CT molecular complexity index is 1140. The number of aryl methyl sites for hydroxylation is 1. The molecule has 3 N–H and O–H groups in total. The van der Waals surface area contributed by atoms with Gasteiger partial charge in [0.25, 0.3) is 0 Å². The van der Waals surface area contributed by atoms with Gasteiger partial charge in [-0.05, 0) is 48.1 Å². The van der Waals surface area contributed by atoms with Crippen molar-refractivity contribution < 1.29 is 24.6 Å². The number of fused-ring (bicyclic) bond motifs is 1. The summed E-state index contributed by atoms with van der Waals surface area (Å²) in [5.41, 5.74) is 5.67. The van der Waals surface area contributed by atoms with E-state index in [1.807, 2.05) is 24.4 Å². The minimum atomic E-state index is -0.549. The SMILES string of the molecule is CCCCC[C@@H](O)CC(=O)CCc1ccc(O)c(OC[NH+]2C=C3C(Cc4ccccc4)=CN=C3C2)c1. The van der Waals surface area contributed by atoms with Gasteiger partial charge in [-0.2, -0.15) is 0 Å². The zero-order valence-corrected chi connectivity index (χ0v) is 21.1. The first-order chi connectivity index (χ1) is 17.5. The quantitative estimate of drug-likeness (QED) is 0.351. The highest BCUT2D eigenvalue weighted by Crippen LogP contribution is 2.28. The molecule has 2 aliphatic rings. The number of aliphatic hydroxyl groups excluding tert-OH is 1. The Morgan fingerprint density at radius 3 is 2.78 bits per heavy atom. The van der Waals surface area contributed by atoms with E-state index >= 15 is 0 Å². The lowest BCUT2D eigenvalue weighted by Gasteiger charge is -2.13. The summed E-state index contributed by atoms with van der Waals surface area (Å²) < 4.78 is 5.98. The van der Waals surface area contributed by atoms with Crippen LogP contribution in [0.1, 0.15) is 56.6 Å². The Hall–Kier alpha value is -3.22. The van der Waals surface area contributed by atoms with Crippen molar-refractivity contribution in [1.29, 1.82) is 0 Å². The van der Waals surface area contributed by atoms with E-state index in [4.69, 9.17) is 4.74 Å². The van der Waals surface area contributed by atoms with E-state index in [0.717, 1.165) is 48.4 Å². The van der Waals surface area contributed by atoms with Crippen LogP contribution in [0, 0.1) is 0 Å². The van der Waals surface area contributed by atoms with E-state index in [0.29, 0.717) is 31.7 Å². The monoisotopic (exact) mass is 489 g/mol. The number of ketones is 1. The molecule has 0 aromatic heterocycles. The van der Waals surface area contributed by atoms with Gasteiger partial charge in [0.2, 0.25) is 6.73 Å².